The predicted molar refractivity (Wildman–Crippen MR) is 90.8 cm³/mol. The summed E-state index contributed by atoms with van der Waals surface area (Å²) in [6, 6.07) is 5.03. The Hall–Kier alpha value is -2.78. The van der Waals surface area contributed by atoms with Crippen LogP contribution in [0.3, 0.4) is 0 Å². The lowest BCUT2D eigenvalue weighted by Crippen LogP contribution is -2.37. The van der Waals surface area contributed by atoms with E-state index >= 15 is 0 Å². The number of guanidine groups is 1. The molecule has 0 spiro atoms. The molecule has 0 unspecified atom stereocenters. The molecule has 2 aromatic heterocycles. The summed E-state index contributed by atoms with van der Waals surface area (Å²) in [6.07, 6.45) is 1.51. The van der Waals surface area contributed by atoms with E-state index < -0.39 is 12.8 Å². The molecule has 0 aliphatic carbocycles. The van der Waals surface area contributed by atoms with Crippen LogP contribution < -0.4 is 15.4 Å². The van der Waals surface area contributed by atoms with Crippen molar-refractivity contribution in [2.24, 2.45) is 4.99 Å². The molecular formula is C16H21F3N6O. The lowest BCUT2D eigenvalue weighted by molar-refractivity contribution is -0.154. The number of hydrogen-bond donors (Lipinski definition) is 2. The van der Waals surface area contributed by atoms with E-state index in [-0.39, 0.29) is 5.88 Å². The van der Waals surface area contributed by atoms with Crippen molar-refractivity contribution in [3.05, 3.63) is 42.4 Å². The lowest BCUT2D eigenvalue weighted by Gasteiger charge is -2.13. The number of alkyl halides is 3. The van der Waals surface area contributed by atoms with Crippen LogP contribution in [0.15, 0.2) is 41.8 Å². The molecule has 0 amide bonds. The van der Waals surface area contributed by atoms with E-state index in [1.54, 1.807) is 19.3 Å². The highest BCUT2D eigenvalue weighted by molar-refractivity contribution is 5.79. The van der Waals surface area contributed by atoms with E-state index in [0.717, 1.165) is 18.5 Å². The van der Waals surface area contributed by atoms with Crippen molar-refractivity contribution in [3.8, 4) is 5.88 Å². The summed E-state index contributed by atoms with van der Waals surface area (Å²) in [5.41, 5.74) is 0.733. The zero-order valence-electron chi connectivity index (χ0n) is 14.3. The van der Waals surface area contributed by atoms with Crippen molar-refractivity contribution < 1.29 is 17.9 Å². The summed E-state index contributed by atoms with van der Waals surface area (Å²) in [4.78, 5) is 7.88. The van der Waals surface area contributed by atoms with Crippen LogP contribution >= 0.6 is 0 Å². The van der Waals surface area contributed by atoms with Crippen molar-refractivity contribution in [2.45, 2.75) is 25.7 Å². The molecule has 2 heterocycles. The van der Waals surface area contributed by atoms with E-state index in [0.29, 0.717) is 19.0 Å². The highest BCUT2D eigenvalue weighted by Crippen LogP contribution is 2.17. The maximum Gasteiger partial charge on any atom is 0.422 e. The van der Waals surface area contributed by atoms with Gasteiger partial charge in [-0.3, -0.25) is 9.67 Å². The van der Waals surface area contributed by atoms with Crippen molar-refractivity contribution in [3.63, 3.8) is 0 Å². The van der Waals surface area contributed by atoms with Crippen molar-refractivity contribution in [1.82, 2.24) is 25.4 Å². The van der Waals surface area contributed by atoms with Crippen LogP contribution in [-0.2, 0) is 13.1 Å². The van der Waals surface area contributed by atoms with Crippen LogP contribution in [0.25, 0.3) is 0 Å². The number of halogens is 3. The lowest BCUT2D eigenvalue weighted by atomic mass is 10.2. The van der Waals surface area contributed by atoms with Crippen molar-refractivity contribution in [1.29, 1.82) is 0 Å². The summed E-state index contributed by atoms with van der Waals surface area (Å²) >= 11 is 0. The molecule has 0 bridgehead atoms. The Morgan fingerprint density at radius 3 is 2.85 bits per heavy atom. The van der Waals surface area contributed by atoms with Gasteiger partial charge in [0.2, 0.25) is 5.88 Å². The predicted octanol–water partition coefficient (Wildman–Crippen LogP) is 1.97. The van der Waals surface area contributed by atoms with Gasteiger partial charge in [0.25, 0.3) is 0 Å². The van der Waals surface area contributed by atoms with Gasteiger partial charge in [-0.1, -0.05) is 0 Å². The quantitative estimate of drug-likeness (QED) is 0.422. The van der Waals surface area contributed by atoms with Gasteiger partial charge < -0.3 is 15.4 Å². The molecule has 0 saturated carbocycles. The molecule has 0 aromatic carbocycles. The Morgan fingerprint density at radius 2 is 2.15 bits per heavy atom. The average Bonchev–Trinajstić information content (AvgIpc) is 3.12. The van der Waals surface area contributed by atoms with Crippen molar-refractivity contribution >= 4 is 5.96 Å². The van der Waals surface area contributed by atoms with E-state index in [9.17, 15) is 13.2 Å². The number of nitrogens with one attached hydrogen (secondary N) is 2. The number of aryl methyl sites for hydroxylation is 1. The second-order valence-corrected chi connectivity index (χ2v) is 5.38. The molecule has 2 rings (SSSR count). The van der Waals surface area contributed by atoms with Crippen LogP contribution in [-0.4, -0.2) is 47.1 Å². The Bertz CT molecular complexity index is 688. The van der Waals surface area contributed by atoms with Crippen molar-refractivity contribution in [2.75, 3.05) is 20.2 Å². The summed E-state index contributed by atoms with van der Waals surface area (Å²) in [5.74, 6) is 0.531. The second-order valence-electron chi connectivity index (χ2n) is 5.38. The first-order chi connectivity index (χ1) is 12.5. The van der Waals surface area contributed by atoms with Gasteiger partial charge >= 0.3 is 6.18 Å². The highest BCUT2D eigenvalue weighted by atomic mass is 19.4. The Kier molecular flexibility index (Phi) is 7.24. The topological polar surface area (TPSA) is 76.4 Å². The van der Waals surface area contributed by atoms with E-state index in [4.69, 9.17) is 0 Å². The fourth-order valence-corrected chi connectivity index (χ4v) is 2.08. The molecule has 0 radical (unpaired) electrons. The average molecular weight is 370 g/mol. The third-order valence-electron chi connectivity index (χ3n) is 3.28. The number of nitrogens with zero attached hydrogens (tertiary/aromatic N) is 4. The van der Waals surface area contributed by atoms with Crippen LogP contribution in [0.5, 0.6) is 5.88 Å². The third kappa shape index (κ3) is 7.41. The summed E-state index contributed by atoms with van der Waals surface area (Å²) in [7, 11) is 1.65. The first-order valence-electron chi connectivity index (χ1n) is 8.03. The highest BCUT2D eigenvalue weighted by Gasteiger charge is 2.28. The van der Waals surface area contributed by atoms with Gasteiger partial charge in [0.05, 0.1) is 0 Å². The molecule has 0 fully saturated rings. The van der Waals surface area contributed by atoms with E-state index in [1.165, 1.54) is 12.3 Å². The zero-order chi connectivity index (χ0) is 18.8. The fraction of sp³-hybridized carbons (Fsp3) is 0.438. The van der Waals surface area contributed by atoms with Crippen LogP contribution in [0, 0.1) is 0 Å². The van der Waals surface area contributed by atoms with Crippen LogP contribution in [0.2, 0.25) is 0 Å². The first-order valence-corrected chi connectivity index (χ1v) is 8.03. The molecule has 2 N–H and O–H groups in total. The van der Waals surface area contributed by atoms with Crippen LogP contribution in [0.4, 0.5) is 13.2 Å². The zero-order valence-corrected chi connectivity index (χ0v) is 14.3. The van der Waals surface area contributed by atoms with Crippen LogP contribution in [0.1, 0.15) is 12.0 Å². The number of aliphatic imine (C=N–C) groups is 1. The normalized spacial score (nSPS) is 12.1. The molecule has 10 heteroatoms. The SMILES string of the molecule is CN=C(NCCCn1cccn1)NCc1ccnc(OCC(F)(F)F)c1. The van der Waals surface area contributed by atoms with Gasteiger partial charge in [0.15, 0.2) is 12.6 Å². The molecule has 142 valence electrons. The van der Waals surface area contributed by atoms with E-state index in [1.807, 2.05) is 16.9 Å². The Labute approximate surface area is 149 Å². The third-order valence-corrected chi connectivity index (χ3v) is 3.28. The minimum atomic E-state index is -4.39. The molecule has 0 aliphatic rings. The second kappa shape index (κ2) is 9.64. The van der Waals surface area contributed by atoms with E-state index in [2.05, 4.69) is 30.4 Å². The van der Waals surface area contributed by atoms with Gasteiger partial charge in [-0.2, -0.15) is 18.3 Å². The van der Waals surface area contributed by atoms with Gasteiger partial charge in [-0.25, -0.2) is 4.98 Å². The minimum Gasteiger partial charge on any atom is -0.468 e. The maximum absolute atomic E-state index is 12.2. The Balaban J connectivity index is 1.73. The fourth-order valence-electron chi connectivity index (χ4n) is 2.08. The number of rotatable bonds is 8. The molecule has 26 heavy (non-hydrogen) atoms. The number of hydrogen-bond acceptors (Lipinski definition) is 4. The molecule has 7 nitrogen and oxygen atoms in total. The van der Waals surface area contributed by atoms with Gasteiger partial charge in [0, 0.05) is 51.3 Å². The Morgan fingerprint density at radius 1 is 1.31 bits per heavy atom. The molecule has 0 aliphatic heterocycles. The van der Waals surface area contributed by atoms with Gasteiger partial charge in [-0.15, -0.1) is 0 Å². The molecule has 0 atom stereocenters. The molecule has 0 saturated heterocycles. The largest absolute Gasteiger partial charge is 0.468 e. The smallest absolute Gasteiger partial charge is 0.422 e. The van der Waals surface area contributed by atoms with Gasteiger partial charge in [-0.05, 0) is 24.1 Å². The summed E-state index contributed by atoms with van der Waals surface area (Å²) < 4.78 is 43.0. The standard InChI is InChI=1S/C16H21F3N6O/c1-20-15(22-5-2-8-25-9-3-6-24-25)23-11-13-4-7-21-14(10-13)26-12-16(17,18)19/h3-4,6-7,9-10H,2,5,8,11-12H2,1H3,(H2,20,22,23). The summed E-state index contributed by atoms with van der Waals surface area (Å²) in [6.45, 7) is 0.511. The number of pyridine rings is 1. The molecule has 2 aromatic rings. The molecular weight excluding hydrogens is 349 g/mol. The first kappa shape index (κ1) is 19.5. The number of ether oxygens (including phenoxy) is 1. The monoisotopic (exact) mass is 370 g/mol. The summed E-state index contributed by atoms with van der Waals surface area (Å²) in [5, 5.41) is 10.4. The maximum atomic E-state index is 12.2. The minimum absolute atomic E-state index is 0.0659. The van der Waals surface area contributed by atoms with Gasteiger partial charge in [0.1, 0.15) is 0 Å². The number of aromatic nitrogens is 3.